The molecule has 0 spiro atoms. The van der Waals surface area contributed by atoms with E-state index in [-0.39, 0.29) is 41.1 Å². The van der Waals surface area contributed by atoms with Gasteiger partial charge in [0.2, 0.25) is 0 Å². The molecule has 0 radical (unpaired) electrons. The molecule has 26 heavy (non-hydrogen) atoms. The Morgan fingerprint density at radius 1 is 1.46 bits per heavy atom. The number of amides is 1. The van der Waals surface area contributed by atoms with Crippen molar-refractivity contribution in [2.75, 3.05) is 38.2 Å². The molecule has 1 aliphatic rings. The number of nitrogens with zero attached hydrogens (tertiary/aromatic N) is 1. The fourth-order valence-electron chi connectivity index (χ4n) is 3.11. The number of nitrogens with one attached hydrogen (secondary N) is 1. The number of sulfone groups is 1. The van der Waals surface area contributed by atoms with Crippen LogP contribution in [0.3, 0.4) is 0 Å². The highest BCUT2D eigenvalue weighted by Gasteiger charge is 2.25. The van der Waals surface area contributed by atoms with E-state index in [1.165, 1.54) is 6.92 Å². The number of anilines is 1. The lowest BCUT2D eigenvalue weighted by Gasteiger charge is -2.23. The number of carbonyl (C=O) groups excluding carboxylic acids is 1. The standard InChI is InChI=1S/C17H27N3O4S.CH4/c1-4-20-8-6-7-12(20)11-19-17(21)13-9-16(25(22,23)5-2)14(18)10-15(13)24-3;/h9-10,12H,4-8,11,18H2,1-3H3,(H,19,21);1H4/i3D3;. The van der Waals surface area contributed by atoms with Crippen molar-refractivity contribution < 1.29 is 22.1 Å². The first-order valence-corrected chi connectivity index (χ1v) is 10.0. The van der Waals surface area contributed by atoms with Crippen molar-refractivity contribution in [3.63, 3.8) is 0 Å². The van der Waals surface area contributed by atoms with Gasteiger partial charge in [0, 0.05) is 18.7 Å². The van der Waals surface area contributed by atoms with Crippen LogP contribution in [0.2, 0.25) is 0 Å². The van der Waals surface area contributed by atoms with Gasteiger partial charge in [0.15, 0.2) is 9.84 Å². The molecule has 2 rings (SSSR count). The first-order chi connectivity index (χ1) is 13.0. The molecule has 1 aliphatic heterocycles. The summed E-state index contributed by atoms with van der Waals surface area (Å²) >= 11 is 0. The van der Waals surface area contributed by atoms with Crippen molar-refractivity contribution in [2.24, 2.45) is 0 Å². The lowest BCUT2D eigenvalue weighted by atomic mass is 10.1. The SMILES string of the molecule is C.[2H]C([2H])([2H])Oc1cc(N)c(S(=O)(=O)CC)cc1C(=O)NCC1CCCN1CC. The smallest absolute Gasteiger partial charge is 0.255 e. The van der Waals surface area contributed by atoms with Crippen LogP contribution in [0.1, 0.15) is 48.6 Å². The largest absolute Gasteiger partial charge is 0.496 e. The molecule has 0 aromatic heterocycles. The van der Waals surface area contributed by atoms with Gasteiger partial charge in [-0.05, 0) is 32.0 Å². The molecular weight excluding hydrogens is 354 g/mol. The first kappa shape index (κ1) is 17.6. The van der Waals surface area contributed by atoms with E-state index >= 15 is 0 Å². The molecule has 0 saturated carbocycles. The van der Waals surface area contributed by atoms with Gasteiger partial charge < -0.3 is 15.8 Å². The third-order valence-electron chi connectivity index (χ3n) is 4.59. The number of rotatable bonds is 7. The molecule has 0 aliphatic carbocycles. The Morgan fingerprint density at radius 2 is 2.19 bits per heavy atom. The summed E-state index contributed by atoms with van der Waals surface area (Å²) in [5, 5.41) is 2.77. The Bertz CT molecular complexity index is 828. The van der Waals surface area contributed by atoms with Crippen LogP contribution in [0.25, 0.3) is 0 Å². The number of ether oxygens (including phenoxy) is 1. The molecule has 7 nitrogen and oxygen atoms in total. The highest BCUT2D eigenvalue weighted by atomic mass is 32.2. The third kappa shape index (κ3) is 4.67. The molecular formula is C18H31N3O4S. The molecule has 1 fully saturated rings. The van der Waals surface area contributed by atoms with Crippen LogP contribution in [-0.4, -0.2) is 57.7 Å². The predicted octanol–water partition coefficient (Wildman–Crippen LogP) is 1.92. The predicted molar refractivity (Wildman–Crippen MR) is 104 cm³/mol. The number of nitrogens with two attached hydrogens (primary N) is 1. The molecule has 1 atom stereocenters. The van der Waals surface area contributed by atoms with Gasteiger partial charge in [-0.1, -0.05) is 21.3 Å². The van der Waals surface area contributed by atoms with Crippen molar-refractivity contribution in [3.05, 3.63) is 17.7 Å². The van der Waals surface area contributed by atoms with Crippen LogP contribution >= 0.6 is 0 Å². The normalized spacial score (nSPS) is 19.8. The zero-order chi connectivity index (χ0) is 21.1. The molecule has 1 aromatic carbocycles. The fraction of sp³-hybridized carbons (Fsp3) is 0.611. The molecule has 1 aromatic rings. The van der Waals surface area contributed by atoms with Crippen LogP contribution in [0.15, 0.2) is 17.0 Å². The summed E-state index contributed by atoms with van der Waals surface area (Å²) in [6, 6.07) is 2.36. The monoisotopic (exact) mass is 388 g/mol. The molecule has 1 saturated heterocycles. The van der Waals surface area contributed by atoms with E-state index in [1.54, 1.807) is 0 Å². The Kier molecular flexibility index (Phi) is 6.25. The minimum absolute atomic E-state index is 0. The molecule has 1 amide bonds. The number of benzene rings is 1. The van der Waals surface area contributed by atoms with E-state index < -0.39 is 22.8 Å². The van der Waals surface area contributed by atoms with Crippen LogP contribution in [-0.2, 0) is 9.84 Å². The molecule has 148 valence electrons. The molecule has 0 bridgehead atoms. The summed E-state index contributed by atoms with van der Waals surface area (Å²) < 4.78 is 51.3. The lowest BCUT2D eigenvalue weighted by Crippen LogP contribution is -2.40. The first-order valence-electron chi connectivity index (χ1n) is 9.86. The number of hydrogen-bond donors (Lipinski definition) is 2. The van der Waals surface area contributed by atoms with Gasteiger partial charge in [0.25, 0.3) is 5.91 Å². The van der Waals surface area contributed by atoms with Gasteiger partial charge in [0.05, 0.1) is 33.0 Å². The van der Waals surface area contributed by atoms with E-state index in [4.69, 9.17) is 14.6 Å². The van der Waals surface area contributed by atoms with Crippen LogP contribution in [0.5, 0.6) is 5.75 Å². The Balaban J connectivity index is 0.00000420. The van der Waals surface area contributed by atoms with Crippen molar-refractivity contribution >= 4 is 21.4 Å². The number of methoxy groups -OCH3 is 1. The summed E-state index contributed by atoms with van der Waals surface area (Å²) in [5.74, 6) is -1.08. The van der Waals surface area contributed by atoms with Crippen molar-refractivity contribution in [3.8, 4) is 5.75 Å². The van der Waals surface area contributed by atoms with Crippen molar-refractivity contribution in [1.82, 2.24) is 10.2 Å². The van der Waals surface area contributed by atoms with Crippen LogP contribution in [0.4, 0.5) is 5.69 Å². The second-order valence-corrected chi connectivity index (χ2v) is 8.27. The summed E-state index contributed by atoms with van der Waals surface area (Å²) in [6.45, 7) is 5.71. The molecule has 8 heteroatoms. The minimum Gasteiger partial charge on any atom is -0.496 e. The van der Waals surface area contributed by atoms with Gasteiger partial charge in [-0.3, -0.25) is 9.69 Å². The Hall–Kier alpha value is -1.80. The van der Waals surface area contributed by atoms with E-state index in [0.717, 1.165) is 38.1 Å². The van der Waals surface area contributed by atoms with Crippen molar-refractivity contribution in [1.29, 1.82) is 0 Å². The third-order valence-corrected chi connectivity index (χ3v) is 6.37. The van der Waals surface area contributed by atoms with Gasteiger partial charge in [-0.2, -0.15) is 0 Å². The maximum absolute atomic E-state index is 12.8. The second kappa shape index (κ2) is 9.23. The highest BCUT2D eigenvalue weighted by Crippen LogP contribution is 2.29. The Morgan fingerprint density at radius 3 is 2.81 bits per heavy atom. The molecule has 1 heterocycles. The van der Waals surface area contributed by atoms with E-state index in [1.807, 2.05) is 6.92 Å². The summed E-state index contributed by atoms with van der Waals surface area (Å²) in [4.78, 5) is 14.8. The van der Waals surface area contributed by atoms with E-state index in [2.05, 4.69) is 10.2 Å². The minimum atomic E-state index is -3.70. The van der Waals surface area contributed by atoms with Crippen LogP contribution in [0, 0.1) is 0 Å². The second-order valence-electron chi connectivity index (χ2n) is 6.03. The fourth-order valence-corrected chi connectivity index (χ4v) is 4.14. The lowest BCUT2D eigenvalue weighted by molar-refractivity contribution is 0.0938. The molecule has 3 N–H and O–H groups in total. The van der Waals surface area contributed by atoms with Crippen molar-refractivity contribution in [2.45, 2.75) is 45.1 Å². The maximum atomic E-state index is 12.8. The average molecular weight is 389 g/mol. The number of nitrogen functional groups attached to an aromatic ring is 1. The topological polar surface area (TPSA) is 102 Å². The number of likely N-dealkylation sites (tertiary alicyclic amines) is 1. The summed E-state index contributed by atoms with van der Waals surface area (Å²) in [5.41, 5.74) is 5.47. The maximum Gasteiger partial charge on any atom is 0.255 e. The summed E-state index contributed by atoms with van der Waals surface area (Å²) in [6.07, 6.45) is 1.99. The quantitative estimate of drug-likeness (QED) is 0.692. The number of carbonyl (C=O) groups is 1. The number of hydrogen-bond acceptors (Lipinski definition) is 6. The number of likely N-dealkylation sites (N-methyl/N-ethyl adjacent to an activating group) is 1. The van der Waals surface area contributed by atoms with Gasteiger partial charge >= 0.3 is 0 Å². The van der Waals surface area contributed by atoms with Crippen LogP contribution < -0.4 is 15.8 Å². The van der Waals surface area contributed by atoms with E-state index in [9.17, 15) is 13.2 Å². The zero-order valence-corrected chi connectivity index (χ0v) is 15.4. The van der Waals surface area contributed by atoms with Gasteiger partial charge in [-0.15, -0.1) is 0 Å². The summed E-state index contributed by atoms with van der Waals surface area (Å²) in [7, 11) is -6.51. The average Bonchev–Trinajstić information content (AvgIpc) is 3.05. The molecule has 1 unspecified atom stereocenters. The van der Waals surface area contributed by atoms with E-state index in [0.29, 0.717) is 6.54 Å². The van der Waals surface area contributed by atoms with Gasteiger partial charge in [-0.25, -0.2) is 8.42 Å². The van der Waals surface area contributed by atoms with Gasteiger partial charge in [0.1, 0.15) is 5.75 Å². The Labute approximate surface area is 161 Å². The zero-order valence-electron chi connectivity index (χ0n) is 17.5. The highest BCUT2D eigenvalue weighted by molar-refractivity contribution is 7.91.